The molecule has 2 N–H and O–H groups in total. The summed E-state index contributed by atoms with van der Waals surface area (Å²) in [7, 11) is 0. The van der Waals surface area contributed by atoms with E-state index in [9.17, 15) is 4.79 Å². The van der Waals surface area contributed by atoms with Crippen molar-refractivity contribution in [3.8, 4) is 0 Å². The van der Waals surface area contributed by atoms with Crippen molar-refractivity contribution >= 4 is 5.91 Å². The Kier molecular flexibility index (Phi) is 4.76. The van der Waals surface area contributed by atoms with Crippen LogP contribution in [0.3, 0.4) is 0 Å². The van der Waals surface area contributed by atoms with Gasteiger partial charge in [-0.05, 0) is 30.4 Å². The van der Waals surface area contributed by atoms with Gasteiger partial charge in [0.1, 0.15) is 0 Å². The van der Waals surface area contributed by atoms with Crippen LogP contribution in [0.2, 0.25) is 0 Å². The molecule has 1 unspecified atom stereocenters. The molecular formula is C15H22N2O. The summed E-state index contributed by atoms with van der Waals surface area (Å²) in [5, 5.41) is 6.44. The average molecular weight is 246 g/mol. The quantitative estimate of drug-likeness (QED) is 0.853. The van der Waals surface area contributed by atoms with Crippen LogP contribution < -0.4 is 10.6 Å². The molecule has 1 aliphatic heterocycles. The monoisotopic (exact) mass is 246 g/mol. The average Bonchev–Trinajstić information content (AvgIpc) is 2.61. The second kappa shape index (κ2) is 6.55. The van der Waals surface area contributed by atoms with Gasteiger partial charge in [0.2, 0.25) is 5.91 Å². The van der Waals surface area contributed by atoms with Crippen LogP contribution >= 0.6 is 0 Å². The van der Waals surface area contributed by atoms with Crippen LogP contribution in [0, 0.1) is 0 Å². The summed E-state index contributed by atoms with van der Waals surface area (Å²) < 4.78 is 0. The summed E-state index contributed by atoms with van der Waals surface area (Å²) >= 11 is 0. The van der Waals surface area contributed by atoms with Crippen LogP contribution in [0.15, 0.2) is 24.3 Å². The Labute approximate surface area is 109 Å². The van der Waals surface area contributed by atoms with Gasteiger partial charge >= 0.3 is 0 Å². The minimum absolute atomic E-state index is 0.175. The van der Waals surface area contributed by atoms with Gasteiger partial charge in [0.05, 0.1) is 0 Å². The lowest BCUT2D eigenvalue weighted by molar-refractivity contribution is -0.121. The molecule has 1 aliphatic rings. The smallest absolute Gasteiger partial charge is 0.221 e. The number of hydrogen-bond acceptors (Lipinski definition) is 2. The lowest BCUT2D eigenvalue weighted by atomic mass is 10.0. The lowest BCUT2D eigenvalue weighted by Crippen LogP contribution is -2.32. The molecule has 98 valence electrons. The third-order valence-electron chi connectivity index (χ3n) is 3.56. The van der Waals surface area contributed by atoms with E-state index in [2.05, 4.69) is 41.8 Å². The van der Waals surface area contributed by atoms with E-state index in [0.717, 1.165) is 32.4 Å². The Morgan fingerprint density at radius 3 is 2.89 bits per heavy atom. The molecular weight excluding hydrogens is 224 g/mol. The molecule has 0 saturated carbocycles. The van der Waals surface area contributed by atoms with Crippen molar-refractivity contribution < 1.29 is 4.79 Å². The number of aryl methyl sites for hydroxylation is 1. The van der Waals surface area contributed by atoms with Gasteiger partial charge in [0.15, 0.2) is 0 Å². The molecule has 0 aromatic heterocycles. The summed E-state index contributed by atoms with van der Waals surface area (Å²) in [6.45, 7) is 3.86. The molecule has 0 aliphatic carbocycles. The highest BCUT2D eigenvalue weighted by Gasteiger charge is 2.16. The molecule has 0 radical (unpaired) electrons. The van der Waals surface area contributed by atoms with Crippen molar-refractivity contribution in [2.24, 2.45) is 0 Å². The Hall–Kier alpha value is -1.35. The predicted octanol–water partition coefficient (Wildman–Crippen LogP) is 2.01. The molecule has 18 heavy (non-hydrogen) atoms. The van der Waals surface area contributed by atoms with E-state index >= 15 is 0 Å². The van der Waals surface area contributed by atoms with E-state index in [1.165, 1.54) is 11.1 Å². The summed E-state index contributed by atoms with van der Waals surface area (Å²) in [5.41, 5.74) is 2.74. The summed E-state index contributed by atoms with van der Waals surface area (Å²) in [4.78, 5) is 11.5. The number of hydrogen-bond donors (Lipinski definition) is 2. The Bertz CT molecular complexity index is 403. The molecule has 1 heterocycles. The van der Waals surface area contributed by atoms with Gasteiger partial charge in [0.25, 0.3) is 0 Å². The molecule has 1 saturated heterocycles. The predicted molar refractivity (Wildman–Crippen MR) is 73.3 cm³/mol. The SMILES string of the molecule is CCc1ccccc1CNC1CCCNC(=O)C1. The van der Waals surface area contributed by atoms with Crippen LogP contribution in [0.4, 0.5) is 0 Å². The Balaban J connectivity index is 1.92. The van der Waals surface area contributed by atoms with Crippen LogP contribution in [0.25, 0.3) is 0 Å². The normalized spacial score (nSPS) is 20.3. The van der Waals surface area contributed by atoms with Gasteiger partial charge in [-0.25, -0.2) is 0 Å². The van der Waals surface area contributed by atoms with Gasteiger partial charge in [-0.15, -0.1) is 0 Å². The number of rotatable bonds is 4. The third-order valence-corrected chi connectivity index (χ3v) is 3.56. The summed E-state index contributed by atoms with van der Waals surface area (Å²) in [6, 6.07) is 8.83. The van der Waals surface area contributed by atoms with Crippen molar-refractivity contribution in [1.29, 1.82) is 0 Å². The van der Waals surface area contributed by atoms with Gasteiger partial charge < -0.3 is 10.6 Å². The first-order valence-corrected chi connectivity index (χ1v) is 6.86. The van der Waals surface area contributed by atoms with Crippen LogP contribution in [0.1, 0.15) is 37.3 Å². The maximum Gasteiger partial charge on any atom is 0.221 e. The third kappa shape index (κ3) is 3.57. The fraction of sp³-hybridized carbons (Fsp3) is 0.533. The van der Waals surface area contributed by atoms with Crippen molar-refractivity contribution in [1.82, 2.24) is 10.6 Å². The molecule has 2 rings (SSSR count). The number of nitrogens with one attached hydrogen (secondary N) is 2. The first kappa shape index (κ1) is 13.1. The molecule has 1 aromatic rings. The van der Waals surface area contributed by atoms with E-state index in [1.54, 1.807) is 0 Å². The van der Waals surface area contributed by atoms with Crippen LogP contribution in [-0.2, 0) is 17.8 Å². The van der Waals surface area contributed by atoms with Gasteiger partial charge in [-0.3, -0.25) is 4.79 Å². The summed E-state index contributed by atoms with van der Waals surface area (Å²) in [6.07, 6.45) is 3.81. The van der Waals surface area contributed by atoms with Gasteiger partial charge in [-0.2, -0.15) is 0 Å². The Morgan fingerprint density at radius 1 is 1.33 bits per heavy atom. The minimum Gasteiger partial charge on any atom is -0.356 e. The maximum absolute atomic E-state index is 11.5. The molecule has 3 nitrogen and oxygen atoms in total. The van der Waals surface area contributed by atoms with E-state index in [0.29, 0.717) is 12.5 Å². The fourth-order valence-corrected chi connectivity index (χ4v) is 2.48. The number of amides is 1. The molecule has 1 aromatic carbocycles. The number of benzene rings is 1. The number of carbonyl (C=O) groups is 1. The van der Waals surface area contributed by atoms with Crippen molar-refractivity contribution in [2.75, 3.05) is 6.54 Å². The topological polar surface area (TPSA) is 41.1 Å². The fourth-order valence-electron chi connectivity index (χ4n) is 2.48. The maximum atomic E-state index is 11.5. The van der Waals surface area contributed by atoms with Gasteiger partial charge in [-0.1, -0.05) is 31.2 Å². The zero-order valence-corrected chi connectivity index (χ0v) is 11.0. The van der Waals surface area contributed by atoms with E-state index < -0.39 is 0 Å². The highest BCUT2D eigenvalue weighted by Crippen LogP contribution is 2.11. The van der Waals surface area contributed by atoms with Crippen molar-refractivity contribution in [3.63, 3.8) is 0 Å². The van der Waals surface area contributed by atoms with Crippen LogP contribution in [0.5, 0.6) is 0 Å². The largest absolute Gasteiger partial charge is 0.356 e. The first-order chi connectivity index (χ1) is 8.79. The van der Waals surface area contributed by atoms with Gasteiger partial charge in [0, 0.05) is 25.6 Å². The number of carbonyl (C=O) groups excluding carboxylic acids is 1. The van der Waals surface area contributed by atoms with E-state index in [-0.39, 0.29) is 5.91 Å². The zero-order chi connectivity index (χ0) is 12.8. The van der Waals surface area contributed by atoms with E-state index in [4.69, 9.17) is 0 Å². The molecule has 1 amide bonds. The second-order valence-corrected chi connectivity index (χ2v) is 4.90. The van der Waals surface area contributed by atoms with E-state index in [1.807, 2.05) is 0 Å². The lowest BCUT2D eigenvalue weighted by Gasteiger charge is -2.16. The van der Waals surface area contributed by atoms with Crippen LogP contribution in [-0.4, -0.2) is 18.5 Å². The molecule has 0 spiro atoms. The summed E-state index contributed by atoms with van der Waals surface area (Å²) in [5.74, 6) is 0.175. The van der Waals surface area contributed by atoms with Crippen molar-refractivity contribution in [3.05, 3.63) is 35.4 Å². The molecule has 1 fully saturated rings. The molecule has 1 atom stereocenters. The minimum atomic E-state index is 0.175. The zero-order valence-electron chi connectivity index (χ0n) is 11.0. The molecule has 3 heteroatoms. The Morgan fingerprint density at radius 2 is 2.11 bits per heavy atom. The highest BCUT2D eigenvalue weighted by atomic mass is 16.1. The van der Waals surface area contributed by atoms with Crippen molar-refractivity contribution in [2.45, 2.75) is 45.2 Å². The first-order valence-electron chi connectivity index (χ1n) is 6.86. The molecule has 0 bridgehead atoms. The standard InChI is InChI=1S/C15H22N2O/c1-2-12-6-3-4-7-13(12)11-17-14-8-5-9-16-15(18)10-14/h3-4,6-7,14,17H,2,5,8-11H2,1H3,(H,16,18). The second-order valence-electron chi connectivity index (χ2n) is 4.90. The highest BCUT2D eigenvalue weighted by molar-refractivity contribution is 5.76.